The number of carbonyl (C=O) groups is 3. The molecule has 0 spiro atoms. The third kappa shape index (κ3) is 7.33. The first-order valence-electron chi connectivity index (χ1n) is 8.51. The molecule has 0 aromatic carbocycles. The predicted octanol–water partition coefficient (Wildman–Crippen LogP) is 0.970. The molecule has 158 valence electrons. The van der Waals surface area contributed by atoms with Gasteiger partial charge in [0.2, 0.25) is 5.91 Å². The molecule has 0 bridgehead atoms. The molecule has 1 rings (SSSR count). The number of hydrogen-bond acceptors (Lipinski definition) is 5. The molecule has 0 aromatic rings. The number of rotatable bonds is 6. The summed E-state index contributed by atoms with van der Waals surface area (Å²) in [6.45, 7) is 5.46. The van der Waals surface area contributed by atoms with Crippen LogP contribution in [-0.2, 0) is 14.4 Å². The Kier molecular flexibility index (Phi) is 9.73. The van der Waals surface area contributed by atoms with Crippen molar-refractivity contribution in [3.05, 3.63) is 0 Å². The van der Waals surface area contributed by atoms with Gasteiger partial charge >= 0.3 is 18.1 Å². The van der Waals surface area contributed by atoms with E-state index < -0.39 is 42.1 Å². The van der Waals surface area contributed by atoms with Crippen molar-refractivity contribution in [3.63, 3.8) is 0 Å². The standard InChI is InChI=1S/C14H26N2O4.C2HF3O2/c1-4-8(5-2)12(16-7(3)17)11-10(15)6-9(13(11)18)14(19)20;3-2(4,5)1(6)7/h8-13,18H,4-6,15H2,1-3H3,(H,16,17)(H,19,20);(H,6,7)/t9-,10+,11+,12-,13+;/m0./s1. The summed E-state index contributed by atoms with van der Waals surface area (Å²) in [5.74, 6) is -5.04. The zero-order chi connectivity index (χ0) is 21.5. The molecule has 11 heteroatoms. The van der Waals surface area contributed by atoms with Crippen LogP contribution in [0.2, 0.25) is 0 Å². The minimum absolute atomic E-state index is 0.178. The molecule has 1 aliphatic carbocycles. The molecule has 1 aliphatic rings. The van der Waals surface area contributed by atoms with Crippen LogP contribution in [0.1, 0.15) is 40.0 Å². The maximum Gasteiger partial charge on any atom is 0.490 e. The van der Waals surface area contributed by atoms with Gasteiger partial charge in [-0.1, -0.05) is 26.7 Å². The Hall–Kier alpha value is -1.88. The van der Waals surface area contributed by atoms with E-state index in [9.17, 15) is 27.9 Å². The number of amides is 1. The molecule has 0 aromatic heterocycles. The fourth-order valence-electron chi connectivity index (χ4n) is 3.40. The summed E-state index contributed by atoms with van der Waals surface area (Å²) in [6, 6.07) is -0.694. The number of hydrogen-bond donors (Lipinski definition) is 5. The highest BCUT2D eigenvalue weighted by Crippen LogP contribution is 2.36. The first-order valence-corrected chi connectivity index (χ1v) is 8.51. The summed E-state index contributed by atoms with van der Waals surface area (Å²) in [4.78, 5) is 31.5. The predicted molar refractivity (Wildman–Crippen MR) is 88.6 cm³/mol. The lowest BCUT2D eigenvalue weighted by Gasteiger charge is -2.35. The van der Waals surface area contributed by atoms with Gasteiger partial charge < -0.3 is 26.4 Å². The van der Waals surface area contributed by atoms with E-state index in [0.29, 0.717) is 0 Å². The van der Waals surface area contributed by atoms with Gasteiger partial charge in [-0.2, -0.15) is 13.2 Å². The second-order valence-electron chi connectivity index (χ2n) is 6.52. The van der Waals surface area contributed by atoms with E-state index in [2.05, 4.69) is 5.32 Å². The van der Waals surface area contributed by atoms with Crippen molar-refractivity contribution in [2.24, 2.45) is 23.5 Å². The summed E-state index contributed by atoms with van der Waals surface area (Å²) in [6.07, 6.45) is -4.17. The molecular weight excluding hydrogens is 373 g/mol. The number of nitrogens with two attached hydrogens (primary N) is 1. The molecule has 1 amide bonds. The Morgan fingerprint density at radius 3 is 1.89 bits per heavy atom. The molecule has 6 N–H and O–H groups in total. The first kappa shape index (κ1) is 25.1. The fourth-order valence-corrected chi connectivity index (χ4v) is 3.40. The lowest BCUT2D eigenvalue weighted by Crippen LogP contribution is -2.52. The van der Waals surface area contributed by atoms with Crippen molar-refractivity contribution in [2.45, 2.75) is 64.4 Å². The Bertz CT molecular complexity index is 525. The SMILES string of the molecule is CCC(CC)[C@H](NC(C)=O)[C@@H]1[C@H](O)[C@@H](C(=O)O)C[C@H]1N.O=C(O)C(F)(F)F. The van der Waals surface area contributed by atoms with Gasteiger partial charge in [-0.25, -0.2) is 4.79 Å². The van der Waals surface area contributed by atoms with Gasteiger partial charge in [0, 0.05) is 24.9 Å². The van der Waals surface area contributed by atoms with Crippen molar-refractivity contribution in [2.75, 3.05) is 0 Å². The van der Waals surface area contributed by atoms with Gasteiger partial charge in [0.25, 0.3) is 0 Å². The van der Waals surface area contributed by atoms with Crippen LogP contribution in [0.3, 0.4) is 0 Å². The van der Waals surface area contributed by atoms with E-state index in [-0.39, 0.29) is 24.3 Å². The number of aliphatic hydroxyl groups excluding tert-OH is 1. The van der Waals surface area contributed by atoms with Gasteiger partial charge in [-0.05, 0) is 12.3 Å². The van der Waals surface area contributed by atoms with Crippen LogP contribution in [0.5, 0.6) is 0 Å². The first-order chi connectivity index (χ1) is 12.3. The molecule has 5 atom stereocenters. The summed E-state index contributed by atoms with van der Waals surface area (Å²) < 4.78 is 31.7. The van der Waals surface area contributed by atoms with Gasteiger partial charge in [0.1, 0.15) is 0 Å². The van der Waals surface area contributed by atoms with Gasteiger partial charge in [0.05, 0.1) is 12.0 Å². The summed E-state index contributed by atoms with van der Waals surface area (Å²) in [7, 11) is 0. The largest absolute Gasteiger partial charge is 0.490 e. The van der Waals surface area contributed by atoms with Crippen molar-refractivity contribution < 1.29 is 42.9 Å². The maximum absolute atomic E-state index is 11.4. The van der Waals surface area contributed by atoms with Crippen LogP contribution < -0.4 is 11.1 Å². The fraction of sp³-hybridized carbons (Fsp3) is 0.812. The number of alkyl halides is 3. The molecule has 1 saturated carbocycles. The van der Waals surface area contributed by atoms with E-state index in [0.717, 1.165) is 12.8 Å². The Morgan fingerprint density at radius 2 is 1.63 bits per heavy atom. The van der Waals surface area contributed by atoms with Gasteiger partial charge in [-0.3, -0.25) is 9.59 Å². The Labute approximate surface area is 154 Å². The van der Waals surface area contributed by atoms with Crippen LogP contribution >= 0.6 is 0 Å². The summed E-state index contributed by atoms with van der Waals surface area (Å²) >= 11 is 0. The van der Waals surface area contributed by atoms with E-state index in [1.54, 1.807) is 0 Å². The second-order valence-corrected chi connectivity index (χ2v) is 6.52. The lowest BCUT2D eigenvalue weighted by molar-refractivity contribution is -0.192. The Balaban J connectivity index is 0.000000821. The van der Waals surface area contributed by atoms with Crippen molar-refractivity contribution in [1.29, 1.82) is 0 Å². The molecule has 0 aliphatic heterocycles. The van der Waals surface area contributed by atoms with Crippen molar-refractivity contribution in [1.82, 2.24) is 5.32 Å². The highest BCUT2D eigenvalue weighted by atomic mass is 19.4. The van der Waals surface area contributed by atoms with E-state index in [1.807, 2.05) is 13.8 Å². The molecule has 0 radical (unpaired) electrons. The minimum atomic E-state index is -5.08. The van der Waals surface area contributed by atoms with Crippen LogP contribution in [0.15, 0.2) is 0 Å². The quantitative estimate of drug-likeness (QED) is 0.446. The van der Waals surface area contributed by atoms with E-state index in [4.69, 9.17) is 20.7 Å². The third-order valence-corrected chi connectivity index (χ3v) is 4.73. The molecule has 1 fully saturated rings. The number of carbonyl (C=O) groups excluding carboxylic acids is 1. The molecule has 0 unspecified atom stereocenters. The van der Waals surface area contributed by atoms with Crippen LogP contribution in [0, 0.1) is 17.8 Å². The molecule has 0 heterocycles. The van der Waals surface area contributed by atoms with E-state index >= 15 is 0 Å². The number of aliphatic hydroxyl groups is 1. The zero-order valence-electron chi connectivity index (χ0n) is 15.4. The van der Waals surface area contributed by atoms with Crippen molar-refractivity contribution >= 4 is 17.8 Å². The third-order valence-electron chi connectivity index (χ3n) is 4.73. The maximum atomic E-state index is 11.4. The number of carboxylic acids is 2. The number of aliphatic carboxylic acids is 2. The Morgan fingerprint density at radius 1 is 1.19 bits per heavy atom. The van der Waals surface area contributed by atoms with E-state index in [1.165, 1.54) is 6.92 Å². The highest BCUT2D eigenvalue weighted by Gasteiger charge is 2.49. The zero-order valence-corrected chi connectivity index (χ0v) is 15.4. The van der Waals surface area contributed by atoms with Crippen LogP contribution in [0.25, 0.3) is 0 Å². The average molecular weight is 400 g/mol. The molecule has 0 saturated heterocycles. The van der Waals surface area contributed by atoms with Gasteiger partial charge in [-0.15, -0.1) is 0 Å². The monoisotopic (exact) mass is 400 g/mol. The number of halogens is 3. The number of carboxylic acid groups (broad SMARTS) is 2. The topological polar surface area (TPSA) is 150 Å². The van der Waals surface area contributed by atoms with Crippen LogP contribution in [0.4, 0.5) is 13.2 Å². The summed E-state index contributed by atoms with van der Waals surface area (Å²) in [5, 5.41) is 29.4. The average Bonchev–Trinajstić information content (AvgIpc) is 2.81. The van der Waals surface area contributed by atoms with Gasteiger partial charge in [0.15, 0.2) is 0 Å². The normalized spacial score (nSPS) is 26.1. The molecular formula is C16H27F3N2O6. The van der Waals surface area contributed by atoms with Crippen molar-refractivity contribution in [3.8, 4) is 0 Å². The number of nitrogens with one attached hydrogen (secondary N) is 1. The second kappa shape index (κ2) is 10.5. The smallest absolute Gasteiger partial charge is 0.481 e. The van der Waals surface area contributed by atoms with Crippen LogP contribution in [-0.4, -0.2) is 57.5 Å². The molecule has 8 nitrogen and oxygen atoms in total. The summed E-state index contributed by atoms with van der Waals surface area (Å²) in [5.41, 5.74) is 6.05. The molecule has 27 heavy (non-hydrogen) atoms. The lowest BCUT2D eigenvalue weighted by atomic mass is 9.80. The highest BCUT2D eigenvalue weighted by molar-refractivity contribution is 5.74. The minimum Gasteiger partial charge on any atom is -0.481 e.